The summed E-state index contributed by atoms with van der Waals surface area (Å²) >= 11 is 0. The number of nitrogens with one attached hydrogen (secondary N) is 3. The second kappa shape index (κ2) is 15.9. The smallest absolute Gasteiger partial charge is 0.315 e. The van der Waals surface area contributed by atoms with Crippen LogP contribution in [0.5, 0.6) is 0 Å². The Hall–Kier alpha value is -2.70. The first-order valence-electron chi connectivity index (χ1n) is 17.9. The topological polar surface area (TPSA) is 185 Å². The zero-order valence-electron chi connectivity index (χ0n) is 30.4. The molecule has 274 valence electrons. The van der Waals surface area contributed by atoms with Gasteiger partial charge in [0.2, 0.25) is 17.6 Å². The number of likely N-dealkylation sites (tertiary alicyclic amines) is 1. The van der Waals surface area contributed by atoms with Gasteiger partial charge in [-0.1, -0.05) is 73.1 Å². The number of hydrogen-bond donors (Lipinski definition) is 4. The lowest BCUT2D eigenvalue weighted by Gasteiger charge is -2.38. The zero-order chi connectivity index (χ0) is 36.2. The Labute approximate surface area is 287 Å². The molecule has 1 saturated heterocycles. The second-order valence-corrected chi connectivity index (χ2v) is 19.6. The van der Waals surface area contributed by atoms with Crippen LogP contribution in [0, 0.1) is 29.1 Å². The summed E-state index contributed by atoms with van der Waals surface area (Å²) < 4.78 is 25.1. The molecular formula is C35H61N5O7S. The molecule has 48 heavy (non-hydrogen) atoms. The summed E-state index contributed by atoms with van der Waals surface area (Å²) in [5, 5.41) is 8.58. The fourth-order valence-electron chi connectivity index (χ4n) is 7.26. The van der Waals surface area contributed by atoms with Gasteiger partial charge in [-0.25, -0.2) is 13.2 Å². The van der Waals surface area contributed by atoms with E-state index in [0.29, 0.717) is 19.4 Å². The average Bonchev–Trinajstić information content (AvgIpc) is 3.42. The number of primary amides is 1. The summed E-state index contributed by atoms with van der Waals surface area (Å²) in [6.45, 7) is 14.9. The number of urea groups is 1. The van der Waals surface area contributed by atoms with E-state index >= 15 is 0 Å². The fourth-order valence-corrected chi connectivity index (χ4v) is 8.70. The zero-order valence-corrected chi connectivity index (χ0v) is 31.2. The molecule has 1 heterocycles. The third-order valence-corrected chi connectivity index (χ3v) is 13.5. The van der Waals surface area contributed by atoms with Crippen LogP contribution in [0.25, 0.3) is 0 Å². The van der Waals surface area contributed by atoms with Crippen molar-refractivity contribution in [2.24, 2.45) is 34.8 Å². The predicted molar refractivity (Wildman–Crippen MR) is 185 cm³/mol. The highest BCUT2D eigenvalue weighted by Gasteiger charge is 2.50. The first-order valence-corrected chi connectivity index (χ1v) is 19.5. The fraction of sp³-hybridized carbons (Fsp3) is 0.857. The van der Waals surface area contributed by atoms with E-state index in [-0.39, 0.29) is 40.7 Å². The van der Waals surface area contributed by atoms with Gasteiger partial charge >= 0.3 is 6.03 Å². The molecule has 13 heteroatoms. The molecule has 3 rings (SSSR count). The number of carbonyl (C=O) groups is 5. The van der Waals surface area contributed by atoms with Crippen molar-refractivity contribution >= 4 is 39.4 Å². The largest absolute Gasteiger partial charge is 0.363 e. The Balaban J connectivity index is 1.90. The third kappa shape index (κ3) is 9.94. The molecule has 0 aromatic carbocycles. The van der Waals surface area contributed by atoms with Gasteiger partial charge in [0, 0.05) is 12.6 Å². The molecule has 2 aliphatic carbocycles. The summed E-state index contributed by atoms with van der Waals surface area (Å²) in [6, 6.07) is -4.21. The highest BCUT2D eigenvalue weighted by atomic mass is 32.2. The Kier molecular flexibility index (Phi) is 13.2. The second-order valence-electron chi connectivity index (χ2n) is 16.8. The molecule has 0 spiro atoms. The van der Waals surface area contributed by atoms with Gasteiger partial charge < -0.3 is 26.6 Å². The lowest BCUT2D eigenvalue weighted by atomic mass is 9.75. The number of ketones is 1. The van der Waals surface area contributed by atoms with Crippen molar-refractivity contribution in [1.29, 1.82) is 0 Å². The van der Waals surface area contributed by atoms with E-state index in [1.54, 1.807) is 25.7 Å². The van der Waals surface area contributed by atoms with Crippen LogP contribution in [0.3, 0.4) is 0 Å². The number of carbonyl (C=O) groups excluding carboxylic acids is 5. The highest BCUT2D eigenvalue weighted by Crippen LogP contribution is 2.40. The van der Waals surface area contributed by atoms with E-state index in [4.69, 9.17) is 5.73 Å². The van der Waals surface area contributed by atoms with Gasteiger partial charge in [0.15, 0.2) is 9.84 Å². The van der Waals surface area contributed by atoms with Crippen molar-refractivity contribution in [3.8, 4) is 0 Å². The van der Waals surface area contributed by atoms with E-state index in [1.807, 2.05) is 34.6 Å². The van der Waals surface area contributed by atoms with Crippen molar-refractivity contribution < 1.29 is 32.4 Å². The van der Waals surface area contributed by atoms with E-state index in [1.165, 1.54) is 0 Å². The number of sulfone groups is 1. The third-order valence-electron chi connectivity index (χ3n) is 10.9. The minimum Gasteiger partial charge on any atom is -0.363 e. The molecule has 3 fully saturated rings. The summed E-state index contributed by atoms with van der Waals surface area (Å²) in [5.41, 5.74) is 4.99. The van der Waals surface area contributed by atoms with Gasteiger partial charge in [0.1, 0.15) is 12.1 Å². The molecule has 5 amide bonds. The first-order chi connectivity index (χ1) is 22.1. The average molecular weight is 696 g/mol. The molecule has 3 unspecified atom stereocenters. The Bertz CT molecular complexity index is 1290. The van der Waals surface area contributed by atoms with E-state index in [2.05, 4.69) is 16.0 Å². The van der Waals surface area contributed by atoms with Crippen LogP contribution < -0.4 is 21.7 Å². The Morgan fingerprint density at radius 2 is 1.44 bits per heavy atom. The standard InChI is InChI=1S/C35H61N5O7S/c1-21(2)26(20-48(46,47)35(6,7)8)38-33(45)39-27(23-15-10-9-11-16-23)32(44)40-18-17-24(34(3,4)5)28(40)31(43)37-25(29(41)30(36)42)19-22-13-12-14-22/h21-28H,9-20H2,1-8H3,(H2,36,42)(H,37,43)(H2,38,39,45)/t24?,25?,26-,27+,28?/m1/s1. The maximum atomic E-state index is 14.6. The van der Waals surface area contributed by atoms with Crippen molar-refractivity contribution in [1.82, 2.24) is 20.9 Å². The molecule has 0 aromatic heterocycles. The molecule has 0 bridgehead atoms. The van der Waals surface area contributed by atoms with Crippen LogP contribution >= 0.6 is 0 Å². The van der Waals surface area contributed by atoms with Gasteiger partial charge in [-0.2, -0.15) is 0 Å². The number of rotatable bonds is 13. The van der Waals surface area contributed by atoms with Gasteiger partial charge in [-0.15, -0.1) is 0 Å². The van der Waals surface area contributed by atoms with E-state index < -0.39 is 62.4 Å². The molecule has 12 nitrogen and oxygen atoms in total. The summed E-state index contributed by atoms with van der Waals surface area (Å²) in [4.78, 5) is 68.6. The van der Waals surface area contributed by atoms with Gasteiger partial charge in [0.25, 0.3) is 5.91 Å². The first kappa shape index (κ1) is 39.7. The number of hydrogen-bond acceptors (Lipinski definition) is 7. The van der Waals surface area contributed by atoms with Crippen LogP contribution in [0.4, 0.5) is 4.79 Å². The van der Waals surface area contributed by atoms with Crippen LogP contribution in [-0.4, -0.2) is 84.1 Å². The van der Waals surface area contributed by atoms with Gasteiger partial charge in [-0.05, 0) is 75.5 Å². The van der Waals surface area contributed by atoms with Crippen LogP contribution in [-0.2, 0) is 29.0 Å². The van der Waals surface area contributed by atoms with Crippen LogP contribution in [0.1, 0.15) is 120 Å². The summed E-state index contributed by atoms with van der Waals surface area (Å²) in [7, 11) is -3.55. The molecule has 5 N–H and O–H groups in total. The molecule has 3 aliphatic rings. The number of nitrogens with zero attached hydrogens (tertiary/aromatic N) is 1. The lowest BCUT2D eigenvalue weighted by Crippen LogP contribution is -2.61. The van der Waals surface area contributed by atoms with Crippen molar-refractivity contribution in [3.05, 3.63) is 0 Å². The van der Waals surface area contributed by atoms with Crippen molar-refractivity contribution in [3.63, 3.8) is 0 Å². The van der Waals surface area contributed by atoms with Crippen LogP contribution in [0.15, 0.2) is 0 Å². The minimum absolute atomic E-state index is 0.159. The van der Waals surface area contributed by atoms with Crippen molar-refractivity contribution in [2.75, 3.05) is 12.3 Å². The monoisotopic (exact) mass is 695 g/mol. The lowest BCUT2D eigenvalue weighted by molar-refractivity contribution is -0.144. The molecule has 5 atom stereocenters. The number of amides is 5. The highest BCUT2D eigenvalue weighted by molar-refractivity contribution is 7.92. The normalized spacial score (nSPS) is 23.1. The SMILES string of the molecule is CC(C)[C@@H](CS(=O)(=O)C(C)(C)C)NC(=O)N[C@H](C(=O)N1CCC(C(C)(C)C)C1C(=O)NC(CC1CCC1)C(=O)C(N)=O)C1CCCCC1. The summed E-state index contributed by atoms with van der Waals surface area (Å²) in [6.07, 6.45) is 8.02. The van der Waals surface area contributed by atoms with Gasteiger partial charge in [0.05, 0.1) is 16.5 Å². The molecule has 0 aromatic rings. The molecule has 1 aliphatic heterocycles. The predicted octanol–water partition coefficient (Wildman–Crippen LogP) is 3.47. The molecule has 0 radical (unpaired) electrons. The van der Waals surface area contributed by atoms with Gasteiger partial charge in [-0.3, -0.25) is 19.2 Å². The number of nitrogens with two attached hydrogens (primary N) is 1. The molecule has 2 saturated carbocycles. The van der Waals surface area contributed by atoms with Crippen molar-refractivity contribution in [2.45, 2.75) is 149 Å². The Morgan fingerprint density at radius 1 is 0.833 bits per heavy atom. The maximum Gasteiger partial charge on any atom is 0.315 e. The maximum absolute atomic E-state index is 14.6. The molecular weight excluding hydrogens is 634 g/mol. The quantitative estimate of drug-likeness (QED) is 0.213. The van der Waals surface area contributed by atoms with Crippen LogP contribution in [0.2, 0.25) is 0 Å². The minimum atomic E-state index is -3.55. The van der Waals surface area contributed by atoms with E-state index in [0.717, 1.165) is 51.4 Å². The van der Waals surface area contributed by atoms with E-state index in [9.17, 15) is 32.4 Å². The Morgan fingerprint density at radius 3 is 1.92 bits per heavy atom. The number of Topliss-reactive ketones (excluding diaryl/α,β-unsaturated/α-hetero) is 1. The summed E-state index contributed by atoms with van der Waals surface area (Å²) in [5.74, 6) is -3.44.